The maximum absolute atomic E-state index is 11.9. The molecular formula is C11H17N3O2. The molecule has 0 aliphatic heterocycles. The molecule has 0 radical (unpaired) electrons. The lowest BCUT2D eigenvalue weighted by Gasteiger charge is -2.16. The average molecular weight is 223 g/mol. The minimum atomic E-state index is -0.0752. The maximum Gasteiger partial charge on any atom is 0.253 e. The van der Waals surface area contributed by atoms with Gasteiger partial charge in [-0.15, -0.1) is 0 Å². The molecule has 0 aliphatic carbocycles. The van der Waals surface area contributed by atoms with E-state index in [2.05, 4.69) is 4.98 Å². The second-order valence-corrected chi connectivity index (χ2v) is 3.39. The number of nitrogens with two attached hydrogens (primary N) is 1. The van der Waals surface area contributed by atoms with Crippen LogP contribution in [0.25, 0.3) is 0 Å². The number of carbonyl (C=O) groups excluding carboxylic acids is 1. The SMILES string of the molecule is CCOCCN(C)C(=O)c1ccnc(N)c1. The molecule has 0 fully saturated rings. The summed E-state index contributed by atoms with van der Waals surface area (Å²) in [5.41, 5.74) is 6.06. The van der Waals surface area contributed by atoms with Gasteiger partial charge in [0.2, 0.25) is 0 Å². The Morgan fingerprint density at radius 2 is 2.38 bits per heavy atom. The van der Waals surface area contributed by atoms with Crippen LogP contribution in [-0.2, 0) is 4.74 Å². The number of ether oxygens (including phenoxy) is 1. The van der Waals surface area contributed by atoms with E-state index in [9.17, 15) is 4.79 Å². The van der Waals surface area contributed by atoms with Crippen molar-refractivity contribution in [1.29, 1.82) is 0 Å². The van der Waals surface area contributed by atoms with Crippen molar-refractivity contribution in [2.75, 3.05) is 32.5 Å². The molecule has 0 spiro atoms. The van der Waals surface area contributed by atoms with Crippen molar-refractivity contribution in [3.05, 3.63) is 23.9 Å². The first kappa shape index (κ1) is 12.4. The van der Waals surface area contributed by atoms with E-state index in [4.69, 9.17) is 10.5 Å². The third-order valence-corrected chi connectivity index (χ3v) is 2.15. The molecule has 0 aliphatic rings. The Morgan fingerprint density at radius 1 is 1.62 bits per heavy atom. The minimum Gasteiger partial charge on any atom is -0.384 e. The van der Waals surface area contributed by atoms with Crippen molar-refractivity contribution in [1.82, 2.24) is 9.88 Å². The van der Waals surface area contributed by atoms with Gasteiger partial charge in [0.15, 0.2) is 0 Å². The number of likely N-dealkylation sites (N-methyl/N-ethyl adjacent to an activating group) is 1. The highest BCUT2D eigenvalue weighted by molar-refractivity contribution is 5.94. The Kier molecular flexibility index (Phi) is 4.72. The van der Waals surface area contributed by atoms with Crippen molar-refractivity contribution in [3.8, 4) is 0 Å². The number of hydrogen-bond acceptors (Lipinski definition) is 4. The monoisotopic (exact) mass is 223 g/mol. The van der Waals surface area contributed by atoms with Gasteiger partial charge >= 0.3 is 0 Å². The summed E-state index contributed by atoms with van der Waals surface area (Å²) >= 11 is 0. The van der Waals surface area contributed by atoms with Crippen LogP contribution in [0, 0.1) is 0 Å². The summed E-state index contributed by atoms with van der Waals surface area (Å²) < 4.78 is 5.18. The number of amides is 1. The highest BCUT2D eigenvalue weighted by atomic mass is 16.5. The van der Waals surface area contributed by atoms with Gasteiger partial charge in [-0.3, -0.25) is 4.79 Å². The van der Waals surface area contributed by atoms with Crippen molar-refractivity contribution in [2.24, 2.45) is 0 Å². The van der Waals surface area contributed by atoms with E-state index in [1.807, 2.05) is 6.92 Å². The van der Waals surface area contributed by atoms with E-state index >= 15 is 0 Å². The predicted octanol–water partition coefficient (Wildman–Crippen LogP) is 0.772. The summed E-state index contributed by atoms with van der Waals surface area (Å²) in [6.45, 7) is 3.68. The molecule has 1 amide bonds. The molecule has 2 N–H and O–H groups in total. The summed E-state index contributed by atoms with van der Waals surface area (Å²) in [5.74, 6) is 0.276. The van der Waals surface area contributed by atoms with Crippen LogP contribution in [0.4, 0.5) is 5.82 Å². The van der Waals surface area contributed by atoms with E-state index in [1.165, 1.54) is 6.20 Å². The molecule has 16 heavy (non-hydrogen) atoms. The smallest absolute Gasteiger partial charge is 0.253 e. The number of nitrogen functional groups attached to an aromatic ring is 1. The Balaban J connectivity index is 2.56. The van der Waals surface area contributed by atoms with Crippen LogP contribution in [-0.4, -0.2) is 42.6 Å². The Hall–Kier alpha value is -1.62. The van der Waals surface area contributed by atoms with Gasteiger partial charge in [0.05, 0.1) is 6.61 Å². The molecule has 0 bridgehead atoms. The van der Waals surface area contributed by atoms with Crippen LogP contribution in [0.15, 0.2) is 18.3 Å². The van der Waals surface area contributed by atoms with Crippen LogP contribution in [0.5, 0.6) is 0 Å². The van der Waals surface area contributed by atoms with Crippen LogP contribution in [0.1, 0.15) is 17.3 Å². The Morgan fingerprint density at radius 3 is 3.00 bits per heavy atom. The summed E-state index contributed by atoms with van der Waals surface area (Å²) in [6.07, 6.45) is 1.53. The summed E-state index contributed by atoms with van der Waals surface area (Å²) in [4.78, 5) is 17.3. The van der Waals surface area contributed by atoms with E-state index in [0.717, 1.165) is 0 Å². The number of aromatic nitrogens is 1. The first-order valence-electron chi connectivity index (χ1n) is 5.20. The van der Waals surface area contributed by atoms with Crippen LogP contribution in [0.2, 0.25) is 0 Å². The van der Waals surface area contributed by atoms with Crippen LogP contribution in [0.3, 0.4) is 0 Å². The fraction of sp³-hybridized carbons (Fsp3) is 0.455. The summed E-state index contributed by atoms with van der Waals surface area (Å²) in [6, 6.07) is 3.22. The van der Waals surface area contributed by atoms with E-state index in [0.29, 0.717) is 31.1 Å². The number of hydrogen-bond donors (Lipinski definition) is 1. The fourth-order valence-corrected chi connectivity index (χ4v) is 1.25. The van der Waals surface area contributed by atoms with E-state index in [-0.39, 0.29) is 5.91 Å². The second kappa shape index (κ2) is 6.07. The molecule has 0 saturated heterocycles. The number of pyridine rings is 1. The summed E-state index contributed by atoms with van der Waals surface area (Å²) in [5, 5.41) is 0. The largest absolute Gasteiger partial charge is 0.384 e. The quantitative estimate of drug-likeness (QED) is 0.749. The van der Waals surface area contributed by atoms with Gasteiger partial charge in [-0.05, 0) is 19.1 Å². The van der Waals surface area contributed by atoms with Gasteiger partial charge in [0.25, 0.3) is 5.91 Å². The van der Waals surface area contributed by atoms with Crippen molar-refractivity contribution >= 4 is 11.7 Å². The standard InChI is InChI=1S/C11H17N3O2/c1-3-16-7-6-14(2)11(15)9-4-5-13-10(12)8-9/h4-5,8H,3,6-7H2,1-2H3,(H2,12,13). The fourth-order valence-electron chi connectivity index (χ4n) is 1.25. The second-order valence-electron chi connectivity index (χ2n) is 3.39. The van der Waals surface area contributed by atoms with E-state index in [1.54, 1.807) is 24.1 Å². The zero-order valence-electron chi connectivity index (χ0n) is 9.64. The molecule has 5 heteroatoms. The number of carbonyl (C=O) groups is 1. The van der Waals surface area contributed by atoms with Crippen molar-refractivity contribution < 1.29 is 9.53 Å². The Labute approximate surface area is 95.2 Å². The zero-order valence-corrected chi connectivity index (χ0v) is 9.64. The number of anilines is 1. The molecule has 0 unspecified atom stereocenters. The topological polar surface area (TPSA) is 68.5 Å². The lowest BCUT2D eigenvalue weighted by Crippen LogP contribution is -2.30. The van der Waals surface area contributed by atoms with Gasteiger partial charge in [-0.1, -0.05) is 0 Å². The third kappa shape index (κ3) is 3.51. The van der Waals surface area contributed by atoms with Crippen molar-refractivity contribution in [2.45, 2.75) is 6.92 Å². The number of rotatable bonds is 5. The molecule has 1 aromatic rings. The lowest BCUT2D eigenvalue weighted by atomic mass is 10.2. The van der Waals surface area contributed by atoms with Gasteiger partial charge in [-0.2, -0.15) is 0 Å². The third-order valence-electron chi connectivity index (χ3n) is 2.15. The van der Waals surface area contributed by atoms with Gasteiger partial charge in [0, 0.05) is 32.0 Å². The predicted molar refractivity (Wildman–Crippen MR) is 62.1 cm³/mol. The van der Waals surface area contributed by atoms with Crippen molar-refractivity contribution in [3.63, 3.8) is 0 Å². The minimum absolute atomic E-state index is 0.0752. The maximum atomic E-state index is 11.9. The van der Waals surface area contributed by atoms with Gasteiger partial charge in [0.1, 0.15) is 5.82 Å². The molecule has 5 nitrogen and oxygen atoms in total. The molecule has 88 valence electrons. The van der Waals surface area contributed by atoms with E-state index < -0.39 is 0 Å². The van der Waals surface area contributed by atoms with Crippen LogP contribution < -0.4 is 5.73 Å². The molecule has 0 atom stereocenters. The average Bonchev–Trinajstić information content (AvgIpc) is 2.28. The Bertz CT molecular complexity index is 355. The molecular weight excluding hydrogens is 206 g/mol. The van der Waals surface area contributed by atoms with Gasteiger partial charge in [-0.25, -0.2) is 4.98 Å². The molecule has 0 saturated carbocycles. The first-order valence-corrected chi connectivity index (χ1v) is 5.20. The lowest BCUT2D eigenvalue weighted by molar-refractivity contribution is 0.0710. The highest BCUT2D eigenvalue weighted by Crippen LogP contribution is 2.05. The summed E-state index contributed by atoms with van der Waals surface area (Å²) in [7, 11) is 1.73. The normalized spacial score (nSPS) is 10.1. The molecule has 1 aromatic heterocycles. The first-order chi connectivity index (χ1) is 7.65. The molecule has 1 heterocycles. The van der Waals surface area contributed by atoms with Crippen LogP contribution >= 0.6 is 0 Å². The molecule has 1 rings (SSSR count). The van der Waals surface area contributed by atoms with Gasteiger partial charge < -0.3 is 15.4 Å². The highest BCUT2D eigenvalue weighted by Gasteiger charge is 2.11. The number of nitrogens with zero attached hydrogens (tertiary/aromatic N) is 2. The molecule has 0 aromatic carbocycles. The zero-order chi connectivity index (χ0) is 12.0.